The van der Waals surface area contributed by atoms with Crippen LogP contribution in [0.15, 0.2) is 12.4 Å². The van der Waals surface area contributed by atoms with Crippen molar-refractivity contribution >= 4 is 10.0 Å². The quantitative estimate of drug-likeness (QED) is 0.620. The van der Waals surface area contributed by atoms with Crippen molar-refractivity contribution in [2.24, 2.45) is 0 Å². The maximum absolute atomic E-state index is 11.9. The first-order chi connectivity index (χ1) is 9.66. The van der Waals surface area contributed by atoms with Crippen LogP contribution in [0.4, 0.5) is 0 Å². The molecule has 2 heterocycles. The fraction of sp³-hybridized carbons (Fsp3) is 0.769. The van der Waals surface area contributed by atoms with Gasteiger partial charge in [-0.3, -0.25) is 0 Å². The van der Waals surface area contributed by atoms with E-state index in [4.69, 9.17) is 0 Å². The van der Waals surface area contributed by atoms with Gasteiger partial charge in [0.1, 0.15) is 5.82 Å². The Morgan fingerprint density at radius 1 is 1.40 bits per heavy atom. The van der Waals surface area contributed by atoms with Gasteiger partial charge in [0.15, 0.2) is 0 Å². The number of H-pyrrole nitrogens is 1. The summed E-state index contributed by atoms with van der Waals surface area (Å²) in [6, 6.07) is 0.364. The van der Waals surface area contributed by atoms with Crippen LogP contribution in [-0.2, 0) is 16.4 Å². The highest BCUT2D eigenvalue weighted by Gasteiger charge is 2.16. The molecule has 114 valence electrons. The minimum Gasteiger partial charge on any atom is -0.349 e. The molecule has 1 aliphatic heterocycles. The van der Waals surface area contributed by atoms with Crippen LogP contribution in [0.2, 0.25) is 0 Å². The third-order valence-electron chi connectivity index (χ3n) is 3.61. The monoisotopic (exact) mass is 300 g/mol. The van der Waals surface area contributed by atoms with Gasteiger partial charge in [0.25, 0.3) is 0 Å². The van der Waals surface area contributed by atoms with E-state index in [1.165, 1.54) is 12.8 Å². The van der Waals surface area contributed by atoms with E-state index < -0.39 is 10.0 Å². The fourth-order valence-corrected chi connectivity index (χ4v) is 3.65. The standard InChI is InChI=1S/C13H24N4O2S/c18-20(19,11-6-12-4-1-2-7-14-12)17-8-3-5-13-15-9-10-16-13/h9-10,12,14,17H,1-8,11H2,(H,15,16). The topological polar surface area (TPSA) is 86.9 Å². The van der Waals surface area contributed by atoms with Gasteiger partial charge in [0, 0.05) is 31.4 Å². The summed E-state index contributed by atoms with van der Waals surface area (Å²) >= 11 is 0. The number of aromatic amines is 1. The Labute approximate surface area is 120 Å². The van der Waals surface area contributed by atoms with Crippen molar-refractivity contribution in [2.75, 3.05) is 18.8 Å². The van der Waals surface area contributed by atoms with Gasteiger partial charge in [-0.2, -0.15) is 0 Å². The molecule has 0 spiro atoms. The number of hydrogen-bond donors (Lipinski definition) is 3. The molecule has 3 N–H and O–H groups in total. The average molecular weight is 300 g/mol. The number of rotatable bonds is 8. The zero-order valence-electron chi connectivity index (χ0n) is 11.8. The first kappa shape index (κ1) is 15.5. The van der Waals surface area contributed by atoms with Crippen LogP contribution in [0.5, 0.6) is 0 Å². The number of sulfonamides is 1. The lowest BCUT2D eigenvalue weighted by molar-refractivity contribution is 0.392. The van der Waals surface area contributed by atoms with Crippen molar-refractivity contribution in [1.29, 1.82) is 0 Å². The van der Waals surface area contributed by atoms with Crippen LogP contribution >= 0.6 is 0 Å². The maximum Gasteiger partial charge on any atom is 0.211 e. The van der Waals surface area contributed by atoms with E-state index in [9.17, 15) is 8.42 Å². The molecule has 1 aliphatic rings. The summed E-state index contributed by atoms with van der Waals surface area (Å²) in [6.45, 7) is 1.49. The number of aromatic nitrogens is 2. The Bertz CT molecular complexity index is 467. The van der Waals surface area contributed by atoms with Gasteiger partial charge in [-0.15, -0.1) is 0 Å². The summed E-state index contributed by atoms with van der Waals surface area (Å²) in [5.41, 5.74) is 0. The second-order valence-electron chi connectivity index (χ2n) is 5.29. The normalized spacial score (nSPS) is 20.1. The Balaban J connectivity index is 1.60. The minimum absolute atomic E-state index is 0.214. The summed E-state index contributed by atoms with van der Waals surface area (Å²) in [5, 5.41) is 3.37. The first-order valence-electron chi connectivity index (χ1n) is 7.35. The van der Waals surface area contributed by atoms with Crippen LogP contribution in [0.25, 0.3) is 0 Å². The van der Waals surface area contributed by atoms with Crippen molar-refractivity contribution in [3.05, 3.63) is 18.2 Å². The summed E-state index contributed by atoms with van der Waals surface area (Å²) in [7, 11) is -3.14. The van der Waals surface area contributed by atoms with Crippen molar-refractivity contribution < 1.29 is 8.42 Å². The SMILES string of the molecule is O=S(=O)(CCC1CCCCN1)NCCCc1ncc[nH]1. The highest BCUT2D eigenvalue weighted by Crippen LogP contribution is 2.10. The molecule has 0 aliphatic carbocycles. The van der Waals surface area contributed by atoms with E-state index in [1.807, 2.05) is 0 Å². The number of hydrogen-bond acceptors (Lipinski definition) is 4. The Morgan fingerprint density at radius 2 is 2.30 bits per heavy atom. The van der Waals surface area contributed by atoms with E-state index in [0.717, 1.165) is 31.6 Å². The molecule has 1 aromatic rings. The molecule has 0 radical (unpaired) electrons. The number of nitrogens with one attached hydrogen (secondary N) is 3. The average Bonchev–Trinajstić information content (AvgIpc) is 2.96. The second kappa shape index (κ2) is 7.75. The Kier molecular flexibility index (Phi) is 6.00. The highest BCUT2D eigenvalue weighted by molar-refractivity contribution is 7.89. The molecule has 1 fully saturated rings. The number of nitrogens with zero attached hydrogens (tertiary/aromatic N) is 1. The number of piperidine rings is 1. The Morgan fingerprint density at radius 3 is 3.00 bits per heavy atom. The lowest BCUT2D eigenvalue weighted by Crippen LogP contribution is -2.37. The number of aryl methyl sites for hydroxylation is 1. The van der Waals surface area contributed by atoms with Crippen molar-refractivity contribution in [3.63, 3.8) is 0 Å². The second-order valence-corrected chi connectivity index (χ2v) is 7.21. The summed E-state index contributed by atoms with van der Waals surface area (Å²) in [5.74, 6) is 1.11. The molecule has 0 aromatic carbocycles. The third-order valence-corrected chi connectivity index (χ3v) is 5.03. The van der Waals surface area contributed by atoms with Crippen LogP contribution in [0.1, 0.15) is 37.9 Å². The molecule has 20 heavy (non-hydrogen) atoms. The molecular formula is C13H24N4O2S. The van der Waals surface area contributed by atoms with Gasteiger partial charge in [-0.1, -0.05) is 6.42 Å². The van der Waals surface area contributed by atoms with Gasteiger partial charge in [0.05, 0.1) is 5.75 Å². The maximum atomic E-state index is 11.9. The molecular weight excluding hydrogens is 276 g/mol. The summed E-state index contributed by atoms with van der Waals surface area (Å²) in [6.07, 6.45) is 9.20. The van der Waals surface area contributed by atoms with Gasteiger partial charge < -0.3 is 10.3 Å². The van der Waals surface area contributed by atoms with E-state index in [-0.39, 0.29) is 5.75 Å². The molecule has 6 nitrogen and oxygen atoms in total. The largest absolute Gasteiger partial charge is 0.349 e. The first-order valence-corrected chi connectivity index (χ1v) is 9.00. The molecule has 1 saturated heterocycles. The van der Waals surface area contributed by atoms with E-state index in [1.54, 1.807) is 12.4 Å². The molecule has 1 atom stereocenters. The lowest BCUT2D eigenvalue weighted by atomic mass is 10.0. The van der Waals surface area contributed by atoms with Crippen molar-refractivity contribution in [2.45, 2.75) is 44.6 Å². The Hall–Kier alpha value is -0.920. The van der Waals surface area contributed by atoms with Gasteiger partial charge in [0.2, 0.25) is 10.0 Å². The fourth-order valence-electron chi connectivity index (χ4n) is 2.46. The summed E-state index contributed by atoms with van der Waals surface area (Å²) in [4.78, 5) is 7.11. The van der Waals surface area contributed by atoms with Crippen molar-refractivity contribution in [1.82, 2.24) is 20.0 Å². The zero-order chi connectivity index (χ0) is 14.3. The van der Waals surface area contributed by atoms with Gasteiger partial charge in [-0.05, 0) is 32.2 Å². The highest BCUT2D eigenvalue weighted by atomic mass is 32.2. The van der Waals surface area contributed by atoms with E-state index in [2.05, 4.69) is 20.0 Å². The minimum atomic E-state index is -3.14. The summed E-state index contributed by atoms with van der Waals surface area (Å²) < 4.78 is 26.4. The molecule has 7 heteroatoms. The predicted octanol–water partition coefficient (Wildman–Crippen LogP) is 0.794. The molecule has 1 aromatic heterocycles. The van der Waals surface area contributed by atoms with Crippen LogP contribution < -0.4 is 10.0 Å². The third kappa shape index (κ3) is 5.60. The zero-order valence-corrected chi connectivity index (χ0v) is 12.6. The van der Waals surface area contributed by atoms with Crippen LogP contribution in [-0.4, -0.2) is 43.3 Å². The predicted molar refractivity (Wildman–Crippen MR) is 79.0 cm³/mol. The van der Waals surface area contributed by atoms with Gasteiger partial charge in [-0.25, -0.2) is 18.1 Å². The lowest BCUT2D eigenvalue weighted by Gasteiger charge is -2.23. The van der Waals surface area contributed by atoms with Crippen molar-refractivity contribution in [3.8, 4) is 0 Å². The van der Waals surface area contributed by atoms with E-state index >= 15 is 0 Å². The molecule has 1 unspecified atom stereocenters. The molecule has 0 amide bonds. The molecule has 2 rings (SSSR count). The van der Waals surface area contributed by atoms with E-state index in [0.29, 0.717) is 19.0 Å². The van der Waals surface area contributed by atoms with Gasteiger partial charge >= 0.3 is 0 Å². The number of imidazole rings is 1. The molecule has 0 bridgehead atoms. The van der Waals surface area contributed by atoms with Crippen LogP contribution in [0.3, 0.4) is 0 Å². The molecule has 0 saturated carbocycles. The smallest absolute Gasteiger partial charge is 0.211 e. The van der Waals surface area contributed by atoms with Crippen LogP contribution in [0, 0.1) is 0 Å².